The molecule has 0 fully saturated rings. The van der Waals surface area contributed by atoms with Gasteiger partial charge < -0.3 is 5.73 Å². The smallest absolute Gasteiger partial charge is 0.0918 e. The third kappa shape index (κ3) is 1.83. The number of nitrogens with two attached hydrogens (primary N) is 1. The summed E-state index contributed by atoms with van der Waals surface area (Å²) in [7, 11) is 0. The lowest BCUT2D eigenvalue weighted by atomic mass is 10.1. The summed E-state index contributed by atoms with van der Waals surface area (Å²) in [5.41, 5.74) is 7.82. The maximum atomic E-state index is 5.63. The minimum Gasteiger partial charge on any atom is -0.314 e. The number of rotatable bonds is 1. The summed E-state index contributed by atoms with van der Waals surface area (Å²) in [6.07, 6.45) is 5.18. The first-order chi connectivity index (χ1) is 5.24. The van der Waals surface area contributed by atoms with Gasteiger partial charge in [-0.15, -0.1) is 6.42 Å². The van der Waals surface area contributed by atoms with Crippen LogP contribution in [0.1, 0.15) is 17.2 Å². The Morgan fingerprint density at radius 3 is 2.82 bits per heavy atom. The highest BCUT2D eigenvalue weighted by atomic mass is 14.6. The van der Waals surface area contributed by atoms with Crippen molar-refractivity contribution in [2.75, 3.05) is 0 Å². The van der Waals surface area contributed by atoms with E-state index in [0.29, 0.717) is 0 Å². The number of benzene rings is 1. The molecule has 0 amide bonds. The van der Waals surface area contributed by atoms with Crippen molar-refractivity contribution >= 4 is 0 Å². The minimum atomic E-state index is -0.269. The van der Waals surface area contributed by atoms with Crippen LogP contribution >= 0.6 is 0 Å². The Kier molecular flexibility index (Phi) is 2.30. The Morgan fingerprint density at radius 1 is 1.55 bits per heavy atom. The Balaban J connectivity index is 2.98. The molecule has 0 aliphatic carbocycles. The lowest BCUT2D eigenvalue weighted by molar-refractivity contribution is 0.944. The van der Waals surface area contributed by atoms with Crippen LogP contribution in [0.3, 0.4) is 0 Å². The van der Waals surface area contributed by atoms with Gasteiger partial charge in [0, 0.05) is 0 Å². The van der Waals surface area contributed by atoms with Gasteiger partial charge >= 0.3 is 0 Å². The first-order valence-electron chi connectivity index (χ1n) is 3.52. The molecule has 1 atom stereocenters. The zero-order valence-electron chi connectivity index (χ0n) is 6.54. The number of hydrogen-bond acceptors (Lipinski definition) is 1. The third-order valence-corrected chi connectivity index (χ3v) is 1.58. The van der Waals surface area contributed by atoms with Gasteiger partial charge in [0.25, 0.3) is 0 Å². The van der Waals surface area contributed by atoms with Crippen molar-refractivity contribution < 1.29 is 0 Å². The fourth-order valence-electron chi connectivity index (χ4n) is 0.960. The molecule has 1 nitrogen and oxygen atoms in total. The number of aryl methyl sites for hydroxylation is 1. The molecule has 1 aromatic rings. The number of terminal acetylenes is 1. The van der Waals surface area contributed by atoms with Crippen LogP contribution in [0.4, 0.5) is 0 Å². The topological polar surface area (TPSA) is 26.0 Å². The minimum absolute atomic E-state index is 0.269. The summed E-state index contributed by atoms with van der Waals surface area (Å²) >= 11 is 0. The molecule has 0 aliphatic rings. The van der Waals surface area contributed by atoms with E-state index in [-0.39, 0.29) is 6.04 Å². The molecule has 1 heteroatoms. The van der Waals surface area contributed by atoms with Crippen LogP contribution in [-0.2, 0) is 0 Å². The molecule has 0 unspecified atom stereocenters. The molecule has 0 saturated carbocycles. The summed E-state index contributed by atoms with van der Waals surface area (Å²) in [5, 5.41) is 0. The maximum Gasteiger partial charge on any atom is 0.0918 e. The van der Waals surface area contributed by atoms with E-state index in [4.69, 9.17) is 12.2 Å². The van der Waals surface area contributed by atoms with E-state index in [9.17, 15) is 0 Å². The quantitative estimate of drug-likeness (QED) is 0.597. The van der Waals surface area contributed by atoms with Gasteiger partial charge in [0.2, 0.25) is 0 Å². The predicted octanol–water partition coefficient (Wildman–Crippen LogP) is 1.63. The van der Waals surface area contributed by atoms with Crippen molar-refractivity contribution in [3.05, 3.63) is 35.4 Å². The first kappa shape index (κ1) is 7.84. The van der Waals surface area contributed by atoms with Gasteiger partial charge in [-0.1, -0.05) is 35.7 Å². The fraction of sp³-hybridized carbons (Fsp3) is 0.200. The average Bonchev–Trinajstić information content (AvgIpc) is 2.03. The molecule has 1 rings (SSSR count). The zero-order valence-corrected chi connectivity index (χ0v) is 6.54. The Bertz CT molecular complexity index is 283. The lowest BCUT2D eigenvalue weighted by Gasteiger charge is -2.04. The summed E-state index contributed by atoms with van der Waals surface area (Å²) in [5.74, 6) is 2.49. The fourth-order valence-corrected chi connectivity index (χ4v) is 0.960. The molecule has 56 valence electrons. The van der Waals surface area contributed by atoms with Gasteiger partial charge in [-0.05, 0) is 12.5 Å². The van der Waals surface area contributed by atoms with Gasteiger partial charge in [0.05, 0.1) is 6.04 Å². The molecule has 0 spiro atoms. The highest BCUT2D eigenvalue weighted by Crippen LogP contribution is 2.10. The maximum absolute atomic E-state index is 5.63. The molecule has 0 saturated heterocycles. The molecule has 1 aromatic carbocycles. The summed E-state index contributed by atoms with van der Waals surface area (Å²) in [6.45, 7) is 2.02. The van der Waals surface area contributed by atoms with Crippen LogP contribution in [0.2, 0.25) is 0 Å². The van der Waals surface area contributed by atoms with Crippen molar-refractivity contribution in [3.63, 3.8) is 0 Å². The largest absolute Gasteiger partial charge is 0.314 e. The van der Waals surface area contributed by atoms with Crippen molar-refractivity contribution in [3.8, 4) is 12.3 Å². The van der Waals surface area contributed by atoms with Crippen LogP contribution in [-0.4, -0.2) is 0 Å². The van der Waals surface area contributed by atoms with E-state index >= 15 is 0 Å². The monoisotopic (exact) mass is 145 g/mol. The molecule has 2 N–H and O–H groups in total. The highest BCUT2D eigenvalue weighted by Gasteiger charge is 1.99. The average molecular weight is 145 g/mol. The van der Waals surface area contributed by atoms with Gasteiger partial charge in [-0.25, -0.2) is 0 Å². The van der Waals surface area contributed by atoms with Gasteiger partial charge in [-0.2, -0.15) is 0 Å². The Labute approximate surface area is 67.2 Å². The second-order valence-corrected chi connectivity index (χ2v) is 2.56. The van der Waals surface area contributed by atoms with E-state index < -0.39 is 0 Å². The Morgan fingerprint density at radius 2 is 2.27 bits per heavy atom. The van der Waals surface area contributed by atoms with Crippen LogP contribution < -0.4 is 5.73 Å². The van der Waals surface area contributed by atoms with Crippen molar-refractivity contribution in [1.82, 2.24) is 0 Å². The van der Waals surface area contributed by atoms with Crippen LogP contribution in [0.15, 0.2) is 24.3 Å². The van der Waals surface area contributed by atoms with Gasteiger partial charge in [0.1, 0.15) is 0 Å². The molecule has 0 heterocycles. The second kappa shape index (κ2) is 3.23. The summed E-state index contributed by atoms with van der Waals surface area (Å²) < 4.78 is 0. The molecular formula is C10H11N. The molecular weight excluding hydrogens is 134 g/mol. The summed E-state index contributed by atoms with van der Waals surface area (Å²) in [4.78, 5) is 0. The SMILES string of the molecule is C#C[C@@H](N)c1cccc(C)c1. The lowest BCUT2D eigenvalue weighted by Crippen LogP contribution is -2.06. The number of hydrogen-bond donors (Lipinski definition) is 1. The molecule has 0 bridgehead atoms. The molecule has 0 aliphatic heterocycles. The zero-order chi connectivity index (χ0) is 8.27. The normalized spacial score (nSPS) is 12.1. The second-order valence-electron chi connectivity index (χ2n) is 2.56. The Hall–Kier alpha value is -1.26. The van der Waals surface area contributed by atoms with E-state index in [1.165, 1.54) is 5.56 Å². The summed E-state index contributed by atoms with van der Waals surface area (Å²) in [6, 6.07) is 7.66. The van der Waals surface area contributed by atoms with E-state index in [2.05, 4.69) is 5.92 Å². The molecule has 0 radical (unpaired) electrons. The van der Waals surface area contributed by atoms with Crippen molar-refractivity contribution in [2.24, 2.45) is 5.73 Å². The molecule has 0 aromatic heterocycles. The van der Waals surface area contributed by atoms with Crippen molar-refractivity contribution in [1.29, 1.82) is 0 Å². The highest BCUT2D eigenvalue weighted by molar-refractivity contribution is 5.28. The third-order valence-electron chi connectivity index (χ3n) is 1.58. The first-order valence-corrected chi connectivity index (χ1v) is 3.52. The molecule has 11 heavy (non-hydrogen) atoms. The van der Waals surface area contributed by atoms with Gasteiger partial charge in [-0.3, -0.25) is 0 Å². The van der Waals surface area contributed by atoms with E-state index in [0.717, 1.165) is 5.56 Å². The van der Waals surface area contributed by atoms with Crippen LogP contribution in [0, 0.1) is 19.3 Å². The predicted molar refractivity (Wildman–Crippen MR) is 46.9 cm³/mol. The van der Waals surface area contributed by atoms with E-state index in [1.54, 1.807) is 0 Å². The van der Waals surface area contributed by atoms with Crippen LogP contribution in [0.25, 0.3) is 0 Å². The van der Waals surface area contributed by atoms with Crippen LogP contribution in [0.5, 0.6) is 0 Å². The van der Waals surface area contributed by atoms with Gasteiger partial charge in [0.15, 0.2) is 0 Å². The standard InChI is InChI=1S/C10H11N/c1-3-10(11)9-6-4-5-8(2)7-9/h1,4-7,10H,11H2,2H3/t10-/m1/s1. The van der Waals surface area contributed by atoms with E-state index in [1.807, 2.05) is 31.2 Å². The van der Waals surface area contributed by atoms with Crippen molar-refractivity contribution in [2.45, 2.75) is 13.0 Å².